The molecule has 0 fully saturated rings. The summed E-state index contributed by atoms with van der Waals surface area (Å²) in [5, 5.41) is 0. The molecule has 0 nitrogen and oxygen atoms in total. The number of allylic oxidation sites excluding steroid dienone is 3. The van der Waals surface area contributed by atoms with E-state index in [0.717, 1.165) is 6.42 Å². The highest BCUT2D eigenvalue weighted by molar-refractivity contribution is 5.83. The Morgan fingerprint density at radius 1 is 0.931 bits per heavy atom. The maximum absolute atomic E-state index is 3.96. The minimum atomic E-state index is 0.00394. The van der Waals surface area contributed by atoms with Gasteiger partial charge in [-0.3, -0.25) is 0 Å². The summed E-state index contributed by atoms with van der Waals surface area (Å²) in [6, 6.07) is 12.0. The second-order valence-electron chi connectivity index (χ2n) is 11.2. The number of hydrogen-bond acceptors (Lipinski definition) is 0. The zero-order valence-corrected chi connectivity index (χ0v) is 20.0. The number of fused-ring (bicyclic) bond motifs is 3. The molecule has 0 saturated heterocycles. The Hall–Kier alpha value is -2.08. The monoisotopic (exact) mass is 386 g/mol. The van der Waals surface area contributed by atoms with Crippen LogP contribution in [0.3, 0.4) is 0 Å². The third-order valence-electron chi connectivity index (χ3n) is 6.53. The van der Waals surface area contributed by atoms with Crippen molar-refractivity contribution in [2.45, 2.75) is 85.0 Å². The molecule has 0 heterocycles. The molecule has 154 valence electrons. The first-order valence-corrected chi connectivity index (χ1v) is 10.9. The topological polar surface area (TPSA) is 0 Å². The van der Waals surface area contributed by atoms with Crippen molar-refractivity contribution in [3.8, 4) is 11.1 Å². The molecule has 0 aliphatic heterocycles. The highest BCUT2D eigenvalue weighted by Gasteiger charge is 2.40. The summed E-state index contributed by atoms with van der Waals surface area (Å²) < 4.78 is 0. The lowest BCUT2D eigenvalue weighted by molar-refractivity contribution is 0.545. The fourth-order valence-corrected chi connectivity index (χ4v) is 4.67. The van der Waals surface area contributed by atoms with Gasteiger partial charge in [-0.15, -0.1) is 0 Å². The summed E-state index contributed by atoms with van der Waals surface area (Å²) in [6.07, 6.45) is 5.08. The fraction of sp³-hybridized carbons (Fsp3) is 0.448. The normalized spacial score (nSPS) is 15.8. The van der Waals surface area contributed by atoms with Gasteiger partial charge in [-0.1, -0.05) is 104 Å². The molecule has 0 saturated carbocycles. The number of rotatable bonds is 3. The van der Waals surface area contributed by atoms with Gasteiger partial charge in [-0.2, -0.15) is 0 Å². The van der Waals surface area contributed by atoms with Crippen LogP contribution in [-0.2, 0) is 22.7 Å². The summed E-state index contributed by atoms with van der Waals surface area (Å²) in [4.78, 5) is 0. The van der Waals surface area contributed by atoms with Gasteiger partial charge in [0.05, 0.1) is 0 Å². The zero-order chi connectivity index (χ0) is 21.8. The van der Waals surface area contributed by atoms with E-state index < -0.39 is 0 Å². The highest BCUT2D eigenvalue weighted by Crippen LogP contribution is 2.53. The van der Waals surface area contributed by atoms with Gasteiger partial charge < -0.3 is 0 Å². The van der Waals surface area contributed by atoms with E-state index in [4.69, 9.17) is 0 Å². The van der Waals surface area contributed by atoms with E-state index in [-0.39, 0.29) is 16.2 Å². The molecule has 2 aromatic carbocycles. The van der Waals surface area contributed by atoms with E-state index >= 15 is 0 Å². The van der Waals surface area contributed by atoms with E-state index in [0.29, 0.717) is 0 Å². The Balaban J connectivity index is 2.28. The minimum absolute atomic E-state index is 0.00394. The minimum Gasteiger partial charge on any atom is -0.0988 e. The smallest absolute Gasteiger partial charge is 0.0161 e. The predicted octanol–water partition coefficient (Wildman–Crippen LogP) is 8.26. The number of benzene rings is 2. The van der Waals surface area contributed by atoms with Gasteiger partial charge in [-0.05, 0) is 68.7 Å². The second kappa shape index (κ2) is 7.01. The third-order valence-corrected chi connectivity index (χ3v) is 6.53. The van der Waals surface area contributed by atoms with E-state index in [1.165, 1.54) is 44.5 Å². The molecule has 0 aromatic heterocycles. The van der Waals surface area contributed by atoms with Gasteiger partial charge in [-0.25, -0.2) is 0 Å². The average molecular weight is 387 g/mol. The van der Waals surface area contributed by atoms with Gasteiger partial charge in [0.1, 0.15) is 0 Å². The van der Waals surface area contributed by atoms with Crippen molar-refractivity contribution >= 4 is 0 Å². The van der Waals surface area contributed by atoms with Crippen molar-refractivity contribution in [1.29, 1.82) is 0 Å². The van der Waals surface area contributed by atoms with Crippen LogP contribution < -0.4 is 0 Å². The van der Waals surface area contributed by atoms with Crippen LogP contribution in [0.5, 0.6) is 0 Å². The van der Waals surface area contributed by atoms with Crippen molar-refractivity contribution in [2.75, 3.05) is 0 Å². The molecule has 0 atom stereocenters. The van der Waals surface area contributed by atoms with Gasteiger partial charge in [0.2, 0.25) is 0 Å². The van der Waals surface area contributed by atoms with Crippen molar-refractivity contribution in [3.63, 3.8) is 0 Å². The molecule has 0 unspecified atom stereocenters. The standard InChI is InChI=1S/C29H38/c1-11-19(12-2)15-20-13-14-22-23-17-21(27(3,4)5)18-25(28(6,7)8)26(23)29(9,10)24(22)16-20/h11-14,16-18H,1,15H2,2-10H3/b19-12+. The van der Waals surface area contributed by atoms with Crippen LogP contribution in [0.1, 0.15) is 90.1 Å². The molecule has 29 heavy (non-hydrogen) atoms. The lowest BCUT2D eigenvalue weighted by atomic mass is 9.71. The van der Waals surface area contributed by atoms with E-state index in [1.54, 1.807) is 0 Å². The number of hydrogen-bond donors (Lipinski definition) is 0. The Labute approximate surface area is 178 Å². The van der Waals surface area contributed by atoms with Crippen molar-refractivity contribution in [3.05, 3.63) is 82.5 Å². The summed E-state index contributed by atoms with van der Waals surface area (Å²) in [6.45, 7) is 24.9. The second-order valence-corrected chi connectivity index (χ2v) is 11.2. The maximum atomic E-state index is 3.96. The van der Waals surface area contributed by atoms with E-state index in [1.807, 2.05) is 6.08 Å². The zero-order valence-electron chi connectivity index (χ0n) is 20.0. The molecule has 1 aliphatic rings. The van der Waals surface area contributed by atoms with Crippen LogP contribution >= 0.6 is 0 Å². The summed E-state index contributed by atoms with van der Waals surface area (Å²) in [5.41, 5.74) is 11.6. The summed E-state index contributed by atoms with van der Waals surface area (Å²) in [7, 11) is 0. The Kier molecular flexibility index (Phi) is 5.23. The predicted molar refractivity (Wildman–Crippen MR) is 129 cm³/mol. The molecular weight excluding hydrogens is 348 g/mol. The van der Waals surface area contributed by atoms with E-state index in [9.17, 15) is 0 Å². The molecule has 0 heteroatoms. The van der Waals surface area contributed by atoms with Crippen LogP contribution in [0.15, 0.2) is 54.6 Å². The van der Waals surface area contributed by atoms with E-state index in [2.05, 4.69) is 105 Å². The first-order chi connectivity index (χ1) is 13.3. The molecule has 0 spiro atoms. The summed E-state index contributed by atoms with van der Waals surface area (Å²) in [5.74, 6) is 0. The van der Waals surface area contributed by atoms with Gasteiger partial charge in [0, 0.05) is 5.41 Å². The van der Waals surface area contributed by atoms with Crippen LogP contribution in [0.4, 0.5) is 0 Å². The molecule has 0 radical (unpaired) electrons. The first-order valence-electron chi connectivity index (χ1n) is 10.9. The lowest BCUT2D eigenvalue weighted by Gasteiger charge is -2.32. The van der Waals surface area contributed by atoms with Crippen LogP contribution in [-0.4, -0.2) is 0 Å². The quantitative estimate of drug-likeness (QED) is 0.466. The molecule has 3 rings (SSSR count). The molecule has 0 bridgehead atoms. The van der Waals surface area contributed by atoms with Crippen molar-refractivity contribution in [1.82, 2.24) is 0 Å². The van der Waals surface area contributed by atoms with Crippen molar-refractivity contribution < 1.29 is 0 Å². The maximum Gasteiger partial charge on any atom is 0.0161 e. The Bertz CT molecular complexity index is 982. The first kappa shape index (κ1) is 21.6. The molecule has 0 N–H and O–H groups in total. The molecule has 1 aliphatic carbocycles. The molecule has 0 amide bonds. The lowest BCUT2D eigenvalue weighted by Crippen LogP contribution is -2.24. The third kappa shape index (κ3) is 3.75. The van der Waals surface area contributed by atoms with Crippen LogP contribution in [0.25, 0.3) is 11.1 Å². The van der Waals surface area contributed by atoms with Crippen molar-refractivity contribution in [2.24, 2.45) is 0 Å². The van der Waals surface area contributed by atoms with Crippen LogP contribution in [0.2, 0.25) is 0 Å². The summed E-state index contributed by atoms with van der Waals surface area (Å²) >= 11 is 0. The molecule has 2 aromatic rings. The van der Waals surface area contributed by atoms with Gasteiger partial charge >= 0.3 is 0 Å². The highest BCUT2D eigenvalue weighted by atomic mass is 14.4. The van der Waals surface area contributed by atoms with Gasteiger partial charge in [0.25, 0.3) is 0 Å². The Morgan fingerprint density at radius 3 is 2.10 bits per heavy atom. The molecular formula is C29H38. The largest absolute Gasteiger partial charge is 0.0988 e. The Morgan fingerprint density at radius 2 is 1.59 bits per heavy atom. The average Bonchev–Trinajstić information content (AvgIpc) is 2.85. The SMILES string of the molecule is C=C/C(=C\C)Cc1ccc2c(c1)C(C)(C)c1c-2cc(C(C)(C)C)cc1C(C)(C)C. The van der Waals surface area contributed by atoms with Crippen LogP contribution in [0, 0.1) is 0 Å². The fourth-order valence-electron chi connectivity index (χ4n) is 4.67. The van der Waals surface area contributed by atoms with Gasteiger partial charge in [0.15, 0.2) is 0 Å².